The molecule has 0 radical (unpaired) electrons. The van der Waals surface area contributed by atoms with E-state index in [1.54, 1.807) is 12.1 Å². The number of carbonyl (C=O) groups excluding carboxylic acids is 1. The van der Waals surface area contributed by atoms with E-state index in [2.05, 4.69) is 23.6 Å². The van der Waals surface area contributed by atoms with Gasteiger partial charge in [0.2, 0.25) is 5.91 Å². The van der Waals surface area contributed by atoms with Crippen LogP contribution in [0.1, 0.15) is 71.8 Å². The van der Waals surface area contributed by atoms with Crippen LogP contribution in [-0.2, 0) is 21.1 Å². The number of hydrogen-bond donors (Lipinski definition) is 0. The Hall–Kier alpha value is -1.40. The molecule has 2 rings (SSSR count). The van der Waals surface area contributed by atoms with Gasteiger partial charge in [-0.1, -0.05) is 39.3 Å². The quantitative estimate of drug-likeness (QED) is 0.438. The fraction of sp³-hybridized carbons (Fsp3) is 0.720. The van der Waals surface area contributed by atoms with Crippen molar-refractivity contribution in [1.29, 1.82) is 0 Å². The second kappa shape index (κ2) is 12.6. The van der Waals surface area contributed by atoms with Gasteiger partial charge in [-0.05, 0) is 75.7 Å². The molecule has 176 valence electrons. The first-order valence-electron chi connectivity index (χ1n) is 12.1. The predicted molar refractivity (Wildman–Crippen MR) is 128 cm³/mol. The number of unbranched alkanes of at least 4 members (excludes halogenated alkanes) is 1. The Kier molecular flexibility index (Phi) is 10.5. The first-order valence-corrected chi connectivity index (χ1v) is 13.7. The van der Waals surface area contributed by atoms with E-state index >= 15 is 0 Å². The molecule has 1 aromatic rings. The van der Waals surface area contributed by atoms with Gasteiger partial charge in [0.25, 0.3) is 0 Å². The minimum Gasteiger partial charge on any atom is -0.343 e. The molecular formula is C25H42N2O3S. The highest BCUT2D eigenvalue weighted by molar-refractivity contribution is 7.91. The van der Waals surface area contributed by atoms with Crippen molar-refractivity contribution in [1.82, 2.24) is 9.80 Å². The van der Waals surface area contributed by atoms with Gasteiger partial charge in [-0.3, -0.25) is 4.79 Å². The van der Waals surface area contributed by atoms with Gasteiger partial charge in [-0.15, -0.1) is 0 Å². The van der Waals surface area contributed by atoms with E-state index < -0.39 is 9.84 Å². The topological polar surface area (TPSA) is 57.7 Å². The number of likely N-dealkylation sites (N-methyl/N-ethyl adjacent to an activating group) is 1. The normalized spacial score (nSPS) is 16.7. The molecule has 1 aromatic carbocycles. The number of likely N-dealkylation sites (tertiary alicyclic amines) is 1. The second-order valence-corrected chi connectivity index (χ2v) is 11.4. The monoisotopic (exact) mass is 450 g/mol. The van der Waals surface area contributed by atoms with Crippen molar-refractivity contribution in [2.24, 2.45) is 5.92 Å². The average Bonchev–Trinajstić information content (AvgIpc) is 2.91. The summed E-state index contributed by atoms with van der Waals surface area (Å²) in [5, 5.41) is 0. The van der Waals surface area contributed by atoms with Gasteiger partial charge in [0.15, 0.2) is 9.84 Å². The number of amides is 1. The van der Waals surface area contributed by atoms with E-state index in [0.717, 1.165) is 64.7 Å². The highest BCUT2D eigenvalue weighted by atomic mass is 32.2. The van der Waals surface area contributed by atoms with Crippen LogP contribution in [0.25, 0.3) is 0 Å². The molecule has 0 saturated carbocycles. The third-order valence-electron chi connectivity index (χ3n) is 6.19. The van der Waals surface area contributed by atoms with E-state index in [1.807, 2.05) is 26.0 Å². The van der Waals surface area contributed by atoms with E-state index in [-0.39, 0.29) is 11.7 Å². The van der Waals surface area contributed by atoms with Gasteiger partial charge in [0.05, 0.1) is 10.6 Å². The molecular weight excluding hydrogens is 408 g/mol. The van der Waals surface area contributed by atoms with Crippen LogP contribution in [0, 0.1) is 5.92 Å². The number of rotatable bonds is 12. The van der Waals surface area contributed by atoms with Gasteiger partial charge in [-0.25, -0.2) is 8.42 Å². The van der Waals surface area contributed by atoms with Crippen LogP contribution in [0.15, 0.2) is 29.2 Å². The molecule has 1 amide bonds. The first-order chi connectivity index (χ1) is 14.7. The molecule has 0 aliphatic carbocycles. The molecule has 1 heterocycles. The molecule has 1 atom stereocenters. The maximum absolute atomic E-state index is 12.4. The summed E-state index contributed by atoms with van der Waals surface area (Å²) in [6.45, 7) is 12.1. The Morgan fingerprint density at radius 1 is 1.03 bits per heavy atom. The summed E-state index contributed by atoms with van der Waals surface area (Å²) in [5.74, 6) is 0.646. The lowest BCUT2D eigenvalue weighted by atomic mass is 10.1. The molecule has 1 aliphatic heterocycles. The zero-order chi connectivity index (χ0) is 22.9. The Morgan fingerprint density at radius 3 is 2.39 bits per heavy atom. The predicted octanol–water partition coefficient (Wildman–Crippen LogP) is 4.55. The molecule has 0 N–H and O–H groups in total. The second-order valence-electron chi connectivity index (χ2n) is 9.40. The van der Waals surface area contributed by atoms with Crippen LogP contribution >= 0.6 is 0 Å². The Bertz CT molecular complexity index is 774. The third-order valence-corrected chi connectivity index (χ3v) is 8.29. The van der Waals surface area contributed by atoms with Crippen molar-refractivity contribution in [3.63, 3.8) is 0 Å². The number of carbonyl (C=O) groups is 1. The molecule has 0 aromatic heterocycles. The highest BCUT2D eigenvalue weighted by Gasteiger charge is 2.18. The van der Waals surface area contributed by atoms with Gasteiger partial charge in [0.1, 0.15) is 0 Å². The molecule has 6 heteroatoms. The van der Waals surface area contributed by atoms with Gasteiger partial charge < -0.3 is 9.80 Å². The van der Waals surface area contributed by atoms with Crippen LogP contribution in [-0.4, -0.2) is 62.1 Å². The van der Waals surface area contributed by atoms with Crippen molar-refractivity contribution in [2.75, 3.05) is 31.9 Å². The minimum absolute atomic E-state index is 0.125. The van der Waals surface area contributed by atoms with Gasteiger partial charge in [-0.2, -0.15) is 0 Å². The Labute approximate surface area is 190 Å². The zero-order valence-corrected chi connectivity index (χ0v) is 20.8. The standard InChI is InChI=1S/C25H42N2O3S/c1-5-26(16-9-10-18-27-17-8-6-7-11-25(27)28)22(4)19-23-12-14-24(15-13-23)31(29,30)20-21(2)3/h12-15,21-22H,5-11,16-20H2,1-4H3. The zero-order valence-electron chi connectivity index (χ0n) is 20.0. The minimum atomic E-state index is -3.19. The number of sulfone groups is 1. The summed E-state index contributed by atoms with van der Waals surface area (Å²) in [5.41, 5.74) is 1.17. The van der Waals surface area contributed by atoms with Crippen LogP contribution in [0.3, 0.4) is 0 Å². The number of hydrogen-bond acceptors (Lipinski definition) is 4. The van der Waals surface area contributed by atoms with E-state index in [9.17, 15) is 13.2 Å². The van der Waals surface area contributed by atoms with Crippen molar-refractivity contribution in [3.05, 3.63) is 29.8 Å². The van der Waals surface area contributed by atoms with Crippen molar-refractivity contribution < 1.29 is 13.2 Å². The smallest absolute Gasteiger partial charge is 0.222 e. The summed E-state index contributed by atoms with van der Waals surface area (Å²) in [6.07, 6.45) is 7.13. The molecule has 31 heavy (non-hydrogen) atoms. The molecule has 0 spiro atoms. The average molecular weight is 451 g/mol. The highest BCUT2D eigenvalue weighted by Crippen LogP contribution is 2.17. The largest absolute Gasteiger partial charge is 0.343 e. The maximum atomic E-state index is 12.4. The van der Waals surface area contributed by atoms with E-state index in [0.29, 0.717) is 16.8 Å². The van der Waals surface area contributed by atoms with Crippen molar-refractivity contribution in [2.45, 2.75) is 83.6 Å². The Balaban J connectivity index is 1.81. The van der Waals surface area contributed by atoms with Gasteiger partial charge in [0, 0.05) is 25.6 Å². The van der Waals surface area contributed by atoms with Gasteiger partial charge >= 0.3 is 0 Å². The fourth-order valence-electron chi connectivity index (χ4n) is 4.42. The fourth-order valence-corrected chi connectivity index (χ4v) is 6.04. The first kappa shape index (κ1) is 25.9. The lowest BCUT2D eigenvalue weighted by Crippen LogP contribution is -2.36. The summed E-state index contributed by atoms with van der Waals surface area (Å²) in [7, 11) is -3.19. The Morgan fingerprint density at radius 2 is 1.74 bits per heavy atom. The number of benzene rings is 1. The summed E-state index contributed by atoms with van der Waals surface area (Å²) in [6, 6.07) is 7.83. The van der Waals surface area contributed by atoms with Crippen molar-refractivity contribution in [3.8, 4) is 0 Å². The lowest BCUT2D eigenvalue weighted by Gasteiger charge is -2.28. The summed E-state index contributed by atoms with van der Waals surface area (Å²) >= 11 is 0. The molecule has 1 fully saturated rings. The molecule has 1 aliphatic rings. The molecule has 5 nitrogen and oxygen atoms in total. The SMILES string of the molecule is CCN(CCCCN1CCCCCC1=O)C(C)Cc1ccc(S(=O)(=O)CC(C)C)cc1. The van der Waals surface area contributed by atoms with Crippen LogP contribution in [0.2, 0.25) is 0 Å². The lowest BCUT2D eigenvalue weighted by molar-refractivity contribution is -0.130. The molecule has 0 bridgehead atoms. The van der Waals surface area contributed by atoms with Crippen LogP contribution < -0.4 is 0 Å². The maximum Gasteiger partial charge on any atom is 0.222 e. The van der Waals surface area contributed by atoms with Crippen molar-refractivity contribution >= 4 is 15.7 Å². The van der Waals surface area contributed by atoms with E-state index in [1.165, 1.54) is 12.0 Å². The summed E-state index contributed by atoms with van der Waals surface area (Å²) < 4.78 is 24.8. The summed E-state index contributed by atoms with van der Waals surface area (Å²) in [4.78, 5) is 17.1. The number of nitrogens with zero attached hydrogens (tertiary/aromatic N) is 2. The van der Waals surface area contributed by atoms with Crippen LogP contribution in [0.5, 0.6) is 0 Å². The molecule has 1 saturated heterocycles. The molecule has 1 unspecified atom stereocenters. The third kappa shape index (κ3) is 8.57. The van der Waals surface area contributed by atoms with E-state index in [4.69, 9.17) is 0 Å². The van der Waals surface area contributed by atoms with Crippen LogP contribution in [0.4, 0.5) is 0 Å².